The summed E-state index contributed by atoms with van der Waals surface area (Å²) in [4.78, 5) is 0. The molecule has 0 aromatic rings. The highest BCUT2D eigenvalue weighted by Gasteiger charge is 1.96. The molecule has 0 N–H and O–H groups in total. The average molecular weight is 138 g/mol. The van der Waals surface area contributed by atoms with Gasteiger partial charge in [-0.15, -0.1) is 0 Å². The van der Waals surface area contributed by atoms with E-state index < -0.39 is 0 Å². The zero-order chi connectivity index (χ0) is 8.15. The van der Waals surface area contributed by atoms with Gasteiger partial charge in [0.05, 0.1) is 0 Å². The maximum atomic E-state index is 2.29. The molecule has 0 spiro atoms. The van der Waals surface area contributed by atoms with Gasteiger partial charge in [0.1, 0.15) is 0 Å². The van der Waals surface area contributed by atoms with Gasteiger partial charge in [-0.2, -0.15) is 0 Å². The van der Waals surface area contributed by atoms with Gasteiger partial charge in [-0.3, -0.25) is 0 Å². The molecule has 0 rings (SSSR count). The molecule has 0 aliphatic carbocycles. The van der Waals surface area contributed by atoms with E-state index >= 15 is 0 Å². The summed E-state index contributed by atoms with van der Waals surface area (Å²) in [6, 6.07) is 0. The summed E-state index contributed by atoms with van der Waals surface area (Å²) >= 11 is 0. The van der Waals surface area contributed by atoms with Crippen LogP contribution in [0.25, 0.3) is 0 Å². The zero-order valence-electron chi connectivity index (χ0n) is 7.73. The van der Waals surface area contributed by atoms with Crippen LogP contribution in [0.1, 0.15) is 34.6 Å². The Balaban J connectivity index is 4.10. The van der Waals surface area contributed by atoms with E-state index in [0.29, 0.717) is 5.92 Å². The van der Waals surface area contributed by atoms with Crippen molar-refractivity contribution < 1.29 is 0 Å². The smallest absolute Gasteiger partial charge is 0.00521 e. The minimum Gasteiger partial charge on any atom is -0.0882 e. The Bertz CT molecular complexity index is 145. The Morgan fingerprint density at radius 2 is 1.70 bits per heavy atom. The molecule has 1 unspecified atom stereocenters. The molecule has 58 valence electrons. The summed E-state index contributed by atoms with van der Waals surface area (Å²) in [7, 11) is 0. The van der Waals surface area contributed by atoms with E-state index in [2.05, 4.69) is 46.8 Å². The lowest BCUT2D eigenvalue weighted by molar-refractivity contribution is 0.849. The summed E-state index contributed by atoms with van der Waals surface area (Å²) in [6.45, 7) is 10.8. The van der Waals surface area contributed by atoms with E-state index in [1.165, 1.54) is 11.1 Å². The van der Waals surface area contributed by atoms with Gasteiger partial charge < -0.3 is 0 Å². The van der Waals surface area contributed by atoms with Crippen molar-refractivity contribution in [2.24, 2.45) is 5.92 Å². The van der Waals surface area contributed by atoms with Crippen LogP contribution in [0, 0.1) is 5.92 Å². The first kappa shape index (κ1) is 9.48. The van der Waals surface area contributed by atoms with Crippen LogP contribution in [-0.4, -0.2) is 0 Å². The molecule has 0 heteroatoms. The first-order valence-corrected chi connectivity index (χ1v) is 3.85. The van der Waals surface area contributed by atoms with Gasteiger partial charge in [0.25, 0.3) is 0 Å². The molecule has 0 saturated heterocycles. The van der Waals surface area contributed by atoms with Crippen molar-refractivity contribution in [2.75, 3.05) is 0 Å². The number of hydrogen-bond acceptors (Lipinski definition) is 0. The molecule has 0 heterocycles. The predicted octanol–water partition coefficient (Wildman–Crippen LogP) is 3.55. The second kappa shape index (κ2) is 4.32. The Hall–Kier alpha value is -0.520. The number of allylic oxidation sites excluding steroid dienone is 4. The zero-order valence-corrected chi connectivity index (χ0v) is 7.73. The van der Waals surface area contributed by atoms with E-state index in [0.717, 1.165) is 0 Å². The van der Waals surface area contributed by atoms with E-state index in [1.54, 1.807) is 0 Å². The highest BCUT2D eigenvalue weighted by molar-refractivity contribution is 5.11. The summed E-state index contributed by atoms with van der Waals surface area (Å²) in [5, 5.41) is 0. The fraction of sp³-hybridized carbons (Fsp3) is 0.600. The lowest BCUT2D eigenvalue weighted by Crippen LogP contribution is -1.91. The lowest BCUT2D eigenvalue weighted by atomic mass is 10.0. The lowest BCUT2D eigenvalue weighted by Gasteiger charge is -2.06. The molecule has 10 heavy (non-hydrogen) atoms. The third kappa shape index (κ3) is 3.49. The van der Waals surface area contributed by atoms with E-state index in [-0.39, 0.29) is 0 Å². The van der Waals surface area contributed by atoms with E-state index in [4.69, 9.17) is 0 Å². The SMILES string of the molecule is CC=C(C)C(C)C=C(C)C. The number of rotatable bonds is 2. The average Bonchev–Trinajstić information content (AvgIpc) is 1.85. The van der Waals surface area contributed by atoms with Crippen LogP contribution in [0.15, 0.2) is 23.3 Å². The van der Waals surface area contributed by atoms with Crippen molar-refractivity contribution in [1.29, 1.82) is 0 Å². The van der Waals surface area contributed by atoms with Crippen molar-refractivity contribution in [3.8, 4) is 0 Å². The van der Waals surface area contributed by atoms with Crippen molar-refractivity contribution in [3.63, 3.8) is 0 Å². The van der Waals surface area contributed by atoms with Crippen LogP contribution in [0.4, 0.5) is 0 Å². The van der Waals surface area contributed by atoms with Crippen LogP contribution in [0.2, 0.25) is 0 Å². The monoisotopic (exact) mass is 138 g/mol. The molecule has 0 fully saturated rings. The molecule has 0 aromatic heterocycles. The normalized spacial score (nSPS) is 14.7. The molecule has 0 aromatic carbocycles. The molecule has 0 nitrogen and oxygen atoms in total. The minimum atomic E-state index is 0.606. The highest BCUT2D eigenvalue weighted by Crippen LogP contribution is 2.12. The highest BCUT2D eigenvalue weighted by atomic mass is 14.0. The van der Waals surface area contributed by atoms with E-state index in [9.17, 15) is 0 Å². The van der Waals surface area contributed by atoms with Gasteiger partial charge in [0.2, 0.25) is 0 Å². The van der Waals surface area contributed by atoms with Crippen molar-refractivity contribution >= 4 is 0 Å². The van der Waals surface area contributed by atoms with Crippen molar-refractivity contribution in [1.82, 2.24) is 0 Å². The fourth-order valence-electron chi connectivity index (χ4n) is 0.894. The van der Waals surface area contributed by atoms with E-state index in [1.807, 2.05) is 0 Å². The predicted molar refractivity (Wildman–Crippen MR) is 48.0 cm³/mol. The van der Waals surface area contributed by atoms with Gasteiger partial charge in [-0.05, 0) is 33.6 Å². The Kier molecular flexibility index (Phi) is 4.10. The molecular weight excluding hydrogens is 120 g/mol. The standard InChI is InChI=1S/C10H18/c1-6-9(4)10(5)7-8(2)3/h6-7,10H,1-5H3. The number of hydrogen-bond donors (Lipinski definition) is 0. The maximum Gasteiger partial charge on any atom is -0.00521 e. The molecule has 0 aliphatic rings. The molecule has 0 saturated carbocycles. The van der Waals surface area contributed by atoms with Crippen LogP contribution in [0.3, 0.4) is 0 Å². The van der Waals surface area contributed by atoms with Gasteiger partial charge in [0.15, 0.2) is 0 Å². The Labute approximate surface area is 64.6 Å². The summed E-state index contributed by atoms with van der Waals surface area (Å²) < 4.78 is 0. The van der Waals surface area contributed by atoms with Gasteiger partial charge >= 0.3 is 0 Å². The Morgan fingerprint density at radius 3 is 2.00 bits per heavy atom. The third-order valence-electron chi connectivity index (χ3n) is 1.76. The van der Waals surface area contributed by atoms with Crippen LogP contribution in [0.5, 0.6) is 0 Å². The summed E-state index contributed by atoms with van der Waals surface area (Å²) in [5.41, 5.74) is 2.84. The first-order chi connectivity index (χ1) is 4.57. The van der Waals surface area contributed by atoms with Crippen LogP contribution >= 0.6 is 0 Å². The van der Waals surface area contributed by atoms with Crippen molar-refractivity contribution in [2.45, 2.75) is 34.6 Å². The summed E-state index contributed by atoms with van der Waals surface area (Å²) in [6.07, 6.45) is 4.46. The third-order valence-corrected chi connectivity index (χ3v) is 1.76. The first-order valence-electron chi connectivity index (χ1n) is 3.85. The molecule has 0 amide bonds. The summed E-state index contributed by atoms with van der Waals surface area (Å²) in [5.74, 6) is 0.606. The van der Waals surface area contributed by atoms with Gasteiger partial charge in [-0.25, -0.2) is 0 Å². The molecule has 1 atom stereocenters. The minimum absolute atomic E-state index is 0.606. The molecule has 0 aliphatic heterocycles. The van der Waals surface area contributed by atoms with Gasteiger partial charge in [0, 0.05) is 0 Å². The molecule has 0 radical (unpaired) electrons. The molecular formula is C10H18. The quantitative estimate of drug-likeness (QED) is 0.512. The Morgan fingerprint density at radius 1 is 1.20 bits per heavy atom. The second-order valence-corrected chi connectivity index (χ2v) is 3.07. The maximum absolute atomic E-state index is 2.29. The fourth-order valence-corrected chi connectivity index (χ4v) is 0.894. The molecule has 0 bridgehead atoms. The topological polar surface area (TPSA) is 0 Å². The second-order valence-electron chi connectivity index (χ2n) is 3.07. The largest absolute Gasteiger partial charge is 0.0882 e. The van der Waals surface area contributed by atoms with Crippen LogP contribution < -0.4 is 0 Å². The van der Waals surface area contributed by atoms with Crippen molar-refractivity contribution in [3.05, 3.63) is 23.3 Å². The van der Waals surface area contributed by atoms with Gasteiger partial charge in [-0.1, -0.05) is 30.2 Å². The van der Waals surface area contributed by atoms with Crippen LogP contribution in [-0.2, 0) is 0 Å².